The Morgan fingerprint density at radius 3 is 2.41 bits per heavy atom. The summed E-state index contributed by atoms with van der Waals surface area (Å²) in [6.45, 7) is 3.88. The number of fused-ring (bicyclic) bond motifs is 1. The van der Waals surface area contributed by atoms with Crippen LogP contribution in [-0.4, -0.2) is 12.2 Å². The molecule has 0 unspecified atom stereocenters. The zero-order chi connectivity index (χ0) is 15.9. The van der Waals surface area contributed by atoms with Crippen LogP contribution in [0, 0.1) is 13.8 Å². The largest absolute Gasteiger partial charge is 0.508 e. The van der Waals surface area contributed by atoms with Crippen molar-refractivity contribution in [1.29, 1.82) is 0 Å². The van der Waals surface area contributed by atoms with Gasteiger partial charge in [-0.25, -0.2) is 0 Å². The number of hydrogen-bond acceptors (Lipinski definition) is 4. The SMILES string of the molecule is COc1c(C)cc(-c2coc3cc(O)ccc3c2=O)cc1C. The van der Waals surface area contributed by atoms with E-state index in [9.17, 15) is 9.90 Å². The Morgan fingerprint density at radius 2 is 1.77 bits per heavy atom. The van der Waals surface area contributed by atoms with Crippen molar-refractivity contribution < 1.29 is 14.3 Å². The van der Waals surface area contributed by atoms with Gasteiger partial charge in [-0.05, 0) is 54.8 Å². The first-order chi connectivity index (χ1) is 10.5. The summed E-state index contributed by atoms with van der Waals surface area (Å²) in [5, 5.41) is 9.91. The van der Waals surface area contributed by atoms with E-state index in [1.807, 2.05) is 26.0 Å². The molecular formula is C18H16O4. The van der Waals surface area contributed by atoms with Crippen molar-refractivity contribution in [1.82, 2.24) is 0 Å². The van der Waals surface area contributed by atoms with Crippen LogP contribution in [-0.2, 0) is 0 Å². The second-order valence-electron chi connectivity index (χ2n) is 5.30. The number of aryl methyl sites for hydroxylation is 2. The molecule has 4 heteroatoms. The normalized spacial score (nSPS) is 10.9. The predicted octanol–water partition coefficient (Wildman–Crippen LogP) is 3.79. The number of aromatic hydroxyl groups is 1. The van der Waals surface area contributed by atoms with Crippen LogP contribution in [0.25, 0.3) is 22.1 Å². The van der Waals surface area contributed by atoms with Crippen LogP contribution in [0.2, 0.25) is 0 Å². The lowest BCUT2D eigenvalue weighted by atomic mass is 10.00. The molecule has 22 heavy (non-hydrogen) atoms. The fourth-order valence-corrected chi connectivity index (χ4v) is 2.74. The van der Waals surface area contributed by atoms with Gasteiger partial charge in [0.25, 0.3) is 0 Å². The van der Waals surface area contributed by atoms with Crippen molar-refractivity contribution in [3.05, 3.63) is 57.9 Å². The maximum atomic E-state index is 12.6. The van der Waals surface area contributed by atoms with E-state index in [0.29, 0.717) is 16.5 Å². The molecule has 1 aromatic heterocycles. The van der Waals surface area contributed by atoms with E-state index < -0.39 is 0 Å². The smallest absolute Gasteiger partial charge is 0.200 e. The maximum Gasteiger partial charge on any atom is 0.200 e. The summed E-state index contributed by atoms with van der Waals surface area (Å²) in [6.07, 6.45) is 1.44. The fraction of sp³-hybridized carbons (Fsp3) is 0.167. The van der Waals surface area contributed by atoms with E-state index in [1.54, 1.807) is 13.2 Å². The highest BCUT2D eigenvalue weighted by Crippen LogP contribution is 2.29. The molecule has 3 rings (SSSR count). The van der Waals surface area contributed by atoms with E-state index in [2.05, 4.69) is 0 Å². The van der Waals surface area contributed by atoms with Crippen LogP contribution in [0.1, 0.15) is 11.1 Å². The second kappa shape index (κ2) is 5.22. The Hall–Kier alpha value is -2.75. The molecule has 1 N–H and O–H groups in total. The molecule has 2 aromatic carbocycles. The first-order valence-corrected chi connectivity index (χ1v) is 6.91. The third kappa shape index (κ3) is 2.22. The minimum atomic E-state index is -0.120. The number of rotatable bonds is 2. The van der Waals surface area contributed by atoms with Crippen LogP contribution < -0.4 is 10.2 Å². The Morgan fingerprint density at radius 1 is 1.09 bits per heavy atom. The molecule has 0 saturated carbocycles. The van der Waals surface area contributed by atoms with Crippen molar-refractivity contribution in [2.24, 2.45) is 0 Å². The van der Waals surface area contributed by atoms with E-state index >= 15 is 0 Å². The molecule has 0 aliphatic heterocycles. The van der Waals surface area contributed by atoms with Crippen molar-refractivity contribution in [2.75, 3.05) is 7.11 Å². The lowest BCUT2D eigenvalue weighted by Crippen LogP contribution is -2.05. The summed E-state index contributed by atoms with van der Waals surface area (Å²) in [4.78, 5) is 12.6. The molecule has 0 amide bonds. The number of benzene rings is 2. The average molecular weight is 296 g/mol. The number of ether oxygens (including phenoxy) is 1. The topological polar surface area (TPSA) is 59.7 Å². The van der Waals surface area contributed by atoms with Crippen LogP contribution in [0.5, 0.6) is 11.5 Å². The van der Waals surface area contributed by atoms with Crippen LogP contribution in [0.4, 0.5) is 0 Å². The van der Waals surface area contributed by atoms with Crippen molar-refractivity contribution in [2.45, 2.75) is 13.8 Å². The van der Waals surface area contributed by atoms with Gasteiger partial charge < -0.3 is 14.3 Å². The van der Waals surface area contributed by atoms with Gasteiger partial charge in [-0.15, -0.1) is 0 Å². The van der Waals surface area contributed by atoms with Crippen LogP contribution in [0.15, 0.2) is 45.8 Å². The summed E-state index contributed by atoms with van der Waals surface area (Å²) in [5.41, 5.74) is 3.46. The molecule has 0 atom stereocenters. The zero-order valence-electron chi connectivity index (χ0n) is 12.6. The van der Waals surface area contributed by atoms with E-state index in [0.717, 1.165) is 22.4 Å². The molecular weight excluding hydrogens is 280 g/mol. The molecule has 0 spiro atoms. The molecule has 0 radical (unpaired) electrons. The quantitative estimate of drug-likeness (QED) is 0.781. The van der Waals surface area contributed by atoms with Gasteiger partial charge in [0.2, 0.25) is 0 Å². The molecule has 0 aliphatic rings. The van der Waals surface area contributed by atoms with Gasteiger partial charge in [-0.1, -0.05) is 0 Å². The van der Waals surface area contributed by atoms with Crippen LogP contribution >= 0.6 is 0 Å². The van der Waals surface area contributed by atoms with Gasteiger partial charge in [-0.3, -0.25) is 4.79 Å². The molecule has 0 bridgehead atoms. The summed E-state index contributed by atoms with van der Waals surface area (Å²) in [5.74, 6) is 0.887. The summed E-state index contributed by atoms with van der Waals surface area (Å²) >= 11 is 0. The van der Waals surface area contributed by atoms with Crippen molar-refractivity contribution in [3.63, 3.8) is 0 Å². The van der Waals surface area contributed by atoms with E-state index in [4.69, 9.17) is 9.15 Å². The molecule has 0 aliphatic carbocycles. The van der Waals surface area contributed by atoms with Gasteiger partial charge in [-0.2, -0.15) is 0 Å². The Labute approximate surface area is 127 Å². The molecule has 0 fully saturated rings. The highest BCUT2D eigenvalue weighted by molar-refractivity contribution is 5.82. The number of methoxy groups -OCH3 is 1. The first-order valence-electron chi connectivity index (χ1n) is 6.91. The van der Waals surface area contributed by atoms with Gasteiger partial charge in [0.05, 0.1) is 18.1 Å². The van der Waals surface area contributed by atoms with Gasteiger partial charge >= 0.3 is 0 Å². The summed E-state index contributed by atoms with van der Waals surface area (Å²) in [6, 6.07) is 8.30. The third-order valence-electron chi connectivity index (χ3n) is 3.73. The third-order valence-corrected chi connectivity index (χ3v) is 3.73. The average Bonchev–Trinajstić information content (AvgIpc) is 2.47. The van der Waals surface area contributed by atoms with Gasteiger partial charge in [0.15, 0.2) is 5.43 Å². The van der Waals surface area contributed by atoms with Gasteiger partial charge in [0, 0.05) is 6.07 Å². The zero-order valence-corrected chi connectivity index (χ0v) is 12.6. The summed E-state index contributed by atoms with van der Waals surface area (Å²) < 4.78 is 10.9. The standard InChI is InChI=1S/C18H16O4/c1-10-6-12(7-11(2)18(10)21-3)15-9-22-16-8-13(19)4-5-14(16)17(15)20/h4-9,19H,1-3H3. The molecule has 1 heterocycles. The second-order valence-corrected chi connectivity index (χ2v) is 5.30. The van der Waals surface area contributed by atoms with Crippen LogP contribution in [0.3, 0.4) is 0 Å². The maximum absolute atomic E-state index is 12.6. The van der Waals surface area contributed by atoms with E-state index in [1.165, 1.54) is 18.4 Å². The predicted molar refractivity (Wildman–Crippen MR) is 85.6 cm³/mol. The lowest BCUT2D eigenvalue weighted by molar-refractivity contribution is 0.408. The van der Waals surface area contributed by atoms with Crippen molar-refractivity contribution >= 4 is 11.0 Å². The number of hydrogen-bond donors (Lipinski definition) is 1. The Balaban J connectivity index is 2.25. The fourth-order valence-electron chi connectivity index (χ4n) is 2.74. The summed E-state index contributed by atoms with van der Waals surface area (Å²) in [7, 11) is 1.63. The molecule has 0 saturated heterocycles. The minimum absolute atomic E-state index is 0.0690. The lowest BCUT2D eigenvalue weighted by Gasteiger charge is -2.11. The highest BCUT2D eigenvalue weighted by Gasteiger charge is 2.12. The first kappa shape index (κ1) is 14.2. The molecule has 4 nitrogen and oxygen atoms in total. The van der Waals surface area contributed by atoms with E-state index in [-0.39, 0.29) is 11.2 Å². The number of phenolic OH excluding ortho intramolecular Hbond substituents is 1. The number of phenols is 1. The Kier molecular flexibility index (Phi) is 3.37. The monoisotopic (exact) mass is 296 g/mol. The highest BCUT2D eigenvalue weighted by atomic mass is 16.5. The van der Waals surface area contributed by atoms with Gasteiger partial charge in [0.1, 0.15) is 23.3 Å². The van der Waals surface area contributed by atoms with Crippen molar-refractivity contribution in [3.8, 4) is 22.6 Å². The minimum Gasteiger partial charge on any atom is -0.508 e. The molecule has 3 aromatic rings. The molecule has 112 valence electrons. The Bertz CT molecular complexity index is 899.